The van der Waals surface area contributed by atoms with E-state index in [0.29, 0.717) is 16.3 Å². The van der Waals surface area contributed by atoms with Crippen LogP contribution in [0.5, 0.6) is 5.75 Å². The van der Waals surface area contributed by atoms with Crippen molar-refractivity contribution in [3.05, 3.63) is 42.0 Å². The van der Waals surface area contributed by atoms with Crippen LogP contribution in [0.25, 0.3) is 10.8 Å². The van der Waals surface area contributed by atoms with E-state index in [0.717, 1.165) is 0 Å². The Morgan fingerprint density at radius 2 is 1.63 bits per heavy atom. The predicted molar refractivity (Wildman–Crippen MR) is 70.5 cm³/mol. The van der Waals surface area contributed by atoms with Crippen molar-refractivity contribution in [1.82, 2.24) is 0 Å². The van der Waals surface area contributed by atoms with Crippen LogP contribution < -0.4 is 5.73 Å². The molecule has 0 aliphatic carbocycles. The van der Waals surface area contributed by atoms with Crippen LogP contribution >= 0.6 is 12.4 Å². The van der Waals surface area contributed by atoms with Crippen LogP contribution in [-0.2, 0) is 0 Å². The quantitative estimate of drug-likeness (QED) is 0.881. The molecule has 3 N–H and O–H groups in total. The summed E-state index contributed by atoms with van der Waals surface area (Å²) < 4.78 is 37.0. The highest BCUT2D eigenvalue weighted by Gasteiger charge is 2.31. The second-order valence-corrected chi connectivity index (χ2v) is 4.15. The molecule has 0 spiro atoms. The van der Waals surface area contributed by atoms with Crippen LogP contribution in [0.3, 0.4) is 0 Å². The summed E-state index contributed by atoms with van der Waals surface area (Å²) in [6.45, 7) is 0. The zero-order valence-electron chi connectivity index (χ0n) is 9.82. The minimum Gasteiger partial charge on any atom is -0.507 e. The minimum absolute atomic E-state index is 0. The number of nitrogens with two attached hydrogens (primary N) is 1. The lowest BCUT2D eigenvalue weighted by Crippen LogP contribution is -2.20. The summed E-state index contributed by atoms with van der Waals surface area (Å²) in [6, 6.07) is 8.39. The van der Waals surface area contributed by atoms with E-state index in [2.05, 4.69) is 0 Å². The fourth-order valence-electron chi connectivity index (χ4n) is 1.99. The van der Waals surface area contributed by atoms with E-state index in [-0.39, 0.29) is 18.2 Å². The molecule has 2 aromatic rings. The van der Waals surface area contributed by atoms with Crippen LogP contribution in [-0.4, -0.2) is 11.3 Å². The second kappa shape index (κ2) is 5.67. The first-order valence-corrected chi connectivity index (χ1v) is 5.41. The number of fused-ring (bicyclic) bond motifs is 1. The topological polar surface area (TPSA) is 46.2 Å². The van der Waals surface area contributed by atoms with Crippen LogP contribution in [0.15, 0.2) is 36.4 Å². The molecule has 2 nitrogen and oxygen atoms in total. The summed E-state index contributed by atoms with van der Waals surface area (Å²) in [5.74, 6) is 0.0357. The van der Waals surface area contributed by atoms with Gasteiger partial charge in [0.15, 0.2) is 0 Å². The standard InChI is InChI=1S/C13H12F3NO.ClH/c14-13(15,16)7-11(17)9-5-6-12(18)10-4-2-1-3-8(9)10;/h1-6,11,18H,7,17H2;1H/t11-;/m0./s1. The fourth-order valence-corrected chi connectivity index (χ4v) is 1.99. The number of halogens is 4. The Morgan fingerprint density at radius 1 is 1.05 bits per heavy atom. The number of hydrogen-bond acceptors (Lipinski definition) is 2. The molecule has 0 radical (unpaired) electrons. The number of rotatable bonds is 2. The largest absolute Gasteiger partial charge is 0.507 e. The van der Waals surface area contributed by atoms with Gasteiger partial charge in [-0.15, -0.1) is 12.4 Å². The number of alkyl halides is 3. The molecular formula is C13H13ClF3NO. The van der Waals surface area contributed by atoms with Gasteiger partial charge in [-0.3, -0.25) is 0 Å². The van der Waals surface area contributed by atoms with E-state index in [1.165, 1.54) is 12.1 Å². The average molecular weight is 292 g/mol. The zero-order valence-corrected chi connectivity index (χ0v) is 10.6. The van der Waals surface area contributed by atoms with Crippen LogP contribution in [0.1, 0.15) is 18.0 Å². The molecule has 0 heterocycles. The molecule has 1 atom stereocenters. The maximum absolute atomic E-state index is 12.3. The molecule has 0 bridgehead atoms. The summed E-state index contributed by atoms with van der Waals surface area (Å²) in [4.78, 5) is 0. The van der Waals surface area contributed by atoms with Gasteiger partial charge in [0.1, 0.15) is 5.75 Å². The summed E-state index contributed by atoms with van der Waals surface area (Å²) >= 11 is 0. The van der Waals surface area contributed by atoms with E-state index in [1.807, 2.05) is 0 Å². The molecule has 2 rings (SSSR count). The van der Waals surface area contributed by atoms with Crippen molar-refractivity contribution >= 4 is 23.2 Å². The van der Waals surface area contributed by atoms with E-state index < -0.39 is 18.6 Å². The Balaban J connectivity index is 0.00000180. The normalized spacial score (nSPS) is 13.1. The first-order chi connectivity index (χ1) is 8.38. The highest BCUT2D eigenvalue weighted by molar-refractivity contribution is 5.91. The van der Waals surface area contributed by atoms with Crippen molar-refractivity contribution in [3.63, 3.8) is 0 Å². The van der Waals surface area contributed by atoms with Gasteiger partial charge in [0, 0.05) is 11.4 Å². The number of phenols is 1. The van der Waals surface area contributed by atoms with Gasteiger partial charge in [-0.05, 0) is 17.0 Å². The maximum Gasteiger partial charge on any atom is 0.390 e. The molecule has 0 aromatic heterocycles. The van der Waals surface area contributed by atoms with Gasteiger partial charge in [-0.25, -0.2) is 0 Å². The molecule has 0 fully saturated rings. The van der Waals surface area contributed by atoms with Crippen molar-refractivity contribution < 1.29 is 18.3 Å². The monoisotopic (exact) mass is 291 g/mol. The van der Waals surface area contributed by atoms with E-state index in [9.17, 15) is 18.3 Å². The lowest BCUT2D eigenvalue weighted by atomic mass is 9.96. The molecule has 0 saturated heterocycles. The molecule has 0 saturated carbocycles. The first-order valence-electron chi connectivity index (χ1n) is 5.41. The Bertz CT molecular complexity index is 571. The van der Waals surface area contributed by atoms with Gasteiger partial charge in [0.2, 0.25) is 0 Å². The smallest absolute Gasteiger partial charge is 0.390 e. The number of aromatic hydroxyl groups is 1. The van der Waals surface area contributed by atoms with Crippen LogP contribution in [0.4, 0.5) is 13.2 Å². The van der Waals surface area contributed by atoms with Gasteiger partial charge in [0.05, 0.1) is 6.42 Å². The van der Waals surface area contributed by atoms with Crippen molar-refractivity contribution in [2.75, 3.05) is 0 Å². The Labute approximate surface area is 114 Å². The van der Waals surface area contributed by atoms with Crippen molar-refractivity contribution in [2.24, 2.45) is 5.73 Å². The SMILES string of the molecule is Cl.N[C@@H](CC(F)(F)F)c1ccc(O)c2ccccc12. The fraction of sp³-hybridized carbons (Fsp3) is 0.231. The van der Waals surface area contributed by atoms with Crippen molar-refractivity contribution in [2.45, 2.75) is 18.6 Å². The lowest BCUT2D eigenvalue weighted by molar-refractivity contribution is -0.138. The molecule has 2 aromatic carbocycles. The molecule has 0 unspecified atom stereocenters. The van der Waals surface area contributed by atoms with Gasteiger partial charge < -0.3 is 10.8 Å². The molecule has 0 aliphatic rings. The summed E-state index contributed by atoms with van der Waals surface area (Å²) in [5.41, 5.74) is 5.99. The summed E-state index contributed by atoms with van der Waals surface area (Å²) in [5, 5.41) is 10.7. The Kier molecular flexibility index (Phi) is 4.66. The van der Waals surface area contributed by atoms with Gasteiger partial charge in [-0.2, -0.15) is 13.2 Å². The molecule has 6 heteroatoms. The number of hydrogen-bond donors (Lipinski definition) is 2. The van der Waals surface area contributed by atoms with Crippen LogP contribution in [0.2, 0.25) is 0 Å². The number of phenolic OH excluding ortho intramolecular Hbond substituents is 1. The number of benzene rings is 2. The molecule has 104 valence electrons. The highest BCUT2D eigenvalue weighted by atomic mass is 35.5. The predicted octanol–water partition coefficient (Wildman–Crippen LogP) is 3.92. The average Bonchev–Trinajstić information content (AvgIpc) is 2.27. The molecule has 0 aliphatic heterocycles. The highest BCUT2D eigenvalue weighted by Crippen LogP contribution is 2.34. The second-order valence-electron chi connectivity index (χ2n) is 4.15. The van der Waals surface area contributed by atoms with E-state index in [1.54, 1.807) is 24.3 Å². The third kappa shape index (κ3) is 3.52. The van der Waals surface area contributed by atoms with Crippen LogP contribution in [0, 0.1) is 0 Å². The molecule has 19 heavy (non-hydrogen) atoms. The molecule has 0 amide bonds. The third-order valence-electron chi connectivity index (χ3n) is 2.79. The van der Waals surface area contributed by atoms with Gasteiger partial charge >= 0.3 is 6.18 Å². The van der Waals surface area contributed by atoms with Crippen molar-refractivity contribution in [3.8, 4) is 5.75 Å². The first kappa shape index (κ1) is 15.6. The zero-order chi connectivity index (χ0) is 13.3. The summed E-state index contributed by atoms with van der Waals surface area (Å²) in [7, 11) is 0. The maximum atomic E-state index is 12.3. The van der Waals surface area contributed by atoms with Gasteiger partial charge in [0.25, 0.3) is 0 Å². The lowest BCUT2D eigenvalue weighted by Gasteiger charge is -2.17. The van der Waals surface area contributed by atoms with Crippen molar-refractivity contribution in [1.29, 1.82) is 0 Å². The van der Waals surface area contributed by atoms with E-state index in [4.69, 9.17) is 5.73 Å². The third-order valence-corrected chi connectivity index (χ3v) is 2.79. The Morgan fingerprint density at radius 3 is 2.21 bits per heavy atom. The minimum atomic E-state index is -4.31. The van der Waals surface area contributed by atoms with Gasteiger partial charge in [-0.1, -0.05) is 30.3 Å². The van der Waals surface area contributed by atoms with E-state index >= 15 is 0 Å². The molecular weight excluding hydrogens is 279 g/mol. The Hall–Kier alpha value is -1.46. The summed E-state index contributed by atoms with van der Waals surface area (Å²) in [6.07, 6.45) is -5.39.